The molecule has 0 aliphatic carbocycles. The molecule has 3 nitrogen and oxygen atoms in total. The zero-order valence-electron chi connectivity index (χ0n) is 14.0. The van der Waals surface area contributed by atoms with Crippen LogP contribution in [0.4, 0.5) is 0 Å². The van der Waals surface area contributed by atoms with Crippen molar-refractivity contribution in [3.05, 3.63) is 53.9 Å². The average molecular weight is 311 g/mol. The van der Waals surface area contributed by atoms with Crippen LogP contribution >= 0.6 is 0 Å². The van der Waals surface area contributed by atoms with Gasteiger partial charge in [0.05, 0.1) is 12.3 Å². The summed E-state index contributed by atoms with van der Waals surface area (Å²) in [5.41, 5.74) is 3.08. The van der Waals surface area contributed by atoms with Crippen molar-refractivity contribution in [3.8, 4) is 11.4 Å². The first-order valence-electron chi connectivity index (χ1n) is 8.30. The number of benzene rings is 1. The number of unbranched alkanes of at least 4 members (excludes halogenated alkanes) is 3. The summed E-state index contributed by atoms with van der Waals surface area (Å²) in [4.78, 5) is 10.6. The van der Waals surface area contributed by atoms with Gasteiger partial charge in [-0.25, -0.2) is 0 Å². The van der Waals surface area contributed by atoms with Crippen LogP contribution in [0.1, 0.15) is 43.9 Å². The van der Waals surface area contributed by atoms with Crippen LogP contribution in [0.2, 0.25) is 0 Å². The molecule has 0 saturated heterocycles. The molecule has 122 valence electrons. The molecule has 0 aliphatic heterocycles. The quantitative estimate of drug-likeness (QED) is 0.372. The molecule has 1 aromatic carbocycles. The lowest BCUT2D eigenvalue weighted by molar-refractivity contribution is -0.104. The number of aromatic nitrogens is 1. The molecule has 1 heterocycles. The van der Waals surface area contributed by atoms with Crippen LogP contribution in [-0.4, -0.2) is 17.5 Å². The average Bonchev–Trinajstić information content (AvgIpc) is 2.90. The van der Waals surface area contributed by atoms with Crippen molar-refractivity contribution in [2.45, 2.75) is 39.5 Å². The SMILES string of the molecule is CCCCCCOc1c(/C=C/C=O)cn(-c2ccccc2)c1C. The third-order valence-electron chi connectivity index (χ3n) is 3.85. The van der Waals surface area contributed by atoms with Gasteiger partial charge in [0.1, 0.15) is 12.0 Å². The van der Waals surface area contributed by atoms with Crippen molar-refractivity contribution in [2.75, 3.05) is 6.61 Å². The smallest absolute Gasteiger partial charge is 0.147 e. The van der Waals surface area contributed by atoms with Crippen molar-refractivity contribution in [3.63, 3.8) is 0 Å². The number of ether oxygens (including phenoxy) is 1. The Balaban J connectivity index is 2.22. The van der Waals surface area contributed by atoms with Crippen molar-refractivity contribution in [1.29, 1.82) is 0 Å². The van der Waals surface area contributed by atoms with E-state index in [0.717, 1.165) is 35.4 Å². The zero-order chi connectivity index (χ0) is 16.5. The van der Waals surface area contributed by atoms with E-state index in [9.17, 15) is 4.79 Å². The van der Waals surface area contributed by atoms with Crippen LogP contribution in [0.3, 0.4) is 0 Å². The number of aldehydes is 1. The molecule has 0 amide bonds. The van der Waals surface area contributed by atoms with Crippen LogP contribution in [0.5, 0.6) is 5.75 Å². The first kappa shape index (κ1) is 17.1. The summed E-state index contributed by atoms with van der Waals surface area (Å²) in [6.45, 7) is 4.96. The van der Waals surface area contributed by atoms with Crippen LogP contribution in [0, 0.1) is 6.92 Å². The summed E-state index contributed by atoms with van der Waals surface area (Å²) in [5.74, 6) is 0.864. The largest absolute Gasteiger partial charge is 0.491 e. The van der Waals surface area contributed by atoms with Crippen molar-refractivity contribution < 1.29 is 9.53 Å². The summed E-state index contributed by atoms with van der Waals surface area (Å²) in [6.07, 6.45) is 10.8. The van der Waals surface area contributed by atoms with E-state index in [4.69, 9.17) is 4.74 Å². The van der Waals surface area contributed by atoms with Crippen molar-refractivity contribution >= 4 is 12.4 Å². The Labute approximate surface area is 138 Å². The molecule has 0 fully saturated rings. The van der Waals surface area contributed by atoms with Crippen LogP contribution in [-0.2, 0) is 4.79 Å². The molecule has 0 radical (unpaired) electrons. The number of para-hydroxylation sites is 1. The molecule has 2 aromatic rings. The minimum Gasteiger partial charge on any atom is -0.491 e. The second kappa shape index (κ2) is 8.99. The van der Waals surface area contributed by atoms with Crippen LogP contribution in [0.25, 0.3) is 11.8 Å². The molecular formula is C20H25NO2. The van der Waals surface area contributed by atoms with Gasteiger partial charge in [0.15, 0.2) is 0 Å². The Hall–Kier alpha value is -2.29. The molecule has 0 atom stereocenters. The fraction of sp³-hybridized carbons (Fsp3) is 0.350. The summed E-state index contributed by atoms with van der Waals surface area (Å²) in [7, 11) is 0. The van der Waals surface area contributed by atoms with Crippen LogP contribution in [0.15, 0.2) is 42.6 Å². The maximum Gasteiger partial charge on any atom is 0.147 e. The fourth-order valence-electron chi connectivity index (χ4n) is 2.62. The molecule has 2 rings (SSSR count). The number of hydrogen-bond donors (Lipinski definition) is 0. The fourth-order valence-corrected chi connectivity index (χ4v) is 2.62. The third kappa shape index (κ3) is 4.59. The van der Waals surface area contributed by atoms with E-state index in [0.29, 0.717) is 6.61 Å². The lowest BCUT2D eigenvalue weighted by atomic mass is 10.2. The highest BCUT2D eigenvalue weighted by atomic mass is 16.5. The highest BCUT2D eigenvalue weighted by Gasteiger charge is 2.13. The van der Waals surface area contributed by atoms with Gasteiger partial charge in [-0.15, -0.1) is 0 Å². The molecule has 0 bridgehead atoms. The Bertz CT molecular complexity index is 641. The molecule has 1 aromatic heterocycles. The Morgan fingerprint density at radius 2 is 1.91 bits per heavy atom. The number of nitrogens with zero attached hydrogens (tertiary/aromatic N) is 1. The zero-order valence-corrected chi connectivity index (χ0v) is 14.0. The molecule has 23 heavy (non-hydrogen) atoms. The molecule has 3 heteroatoms. The number of rotatable bonds is 9. The molecule has 0 unspecified atom stereocenters. The van der Waals surface area contributed by atoms with E-state index in [-0.39, 0.29) is 0 Å². The number of hydrogen-bond acceptors (Lipinski definition) is 2. The van der Waals surface area contributed by atoms with E-state index in [2.05, 4.69) is 23.6 Å². The van der Waals surface area contributed by atoms with Crippen molar-refractivity contribution in [1.82, 2.24) is 4.57 Å². The molecular weight excluding hydrogens is 286 g/mol. The first-order chi connectivity index (χ1) is 11.3. The van der Waals surface area contributed by atoms with Gasteiger partial charge in [-0.05, 0) is 37.6 Å². The molecule has 0 aliphatic rings. The van der Waals surface area contributed by atoms with E-state index < -0.39 is 0 Å². The topological polar surface area (TPSA) is 31.2 Å². The third-order valence-corrected chi connectivity index (χ3v) is 3.85. The van der Waals surface area contributed by atoms with E-state index in [1.54, 1.807) is 6.08 Å². The Kier molecular flexibility index (Phi) is 6.67. The minimum atomic E-state index is 0.710. The molecule has 0 saturated carbocycles. The second-order valence-electron chi connectivity index (χ2n) is 5.61. The lowest BCUT2D eigenvalue weighted by Gasteiger charge is -2.09. The van der Waals surface area contributed by atoms with Gasteiger partial charge in [0.25, 0.3) is 0 Å². The monoisotopic (exact) mass is 311 g/mol. The Morgan fingerprint density at radius 3 is 2.61 bits per heavy atom. The molecule has 0 N–H and O–H groups in total. The van der Waals surface area contributed by atoms with E-state index in [1.807, 2.05) is 31.3 Å². The maximum absolute atomic E-state index is 10.6. The van der Waals surface area contributed by atoms with Gasteiger partial charge >= 0.3 is 0 Å². The standard InChI is InChI=1S/C20H25NO2/c1-3-4-5-9-15-23-20-17(2)21(16-18(20)11-10-14-22)19-12-7-6-8-13-19/h6-8,10-14,16H,3-5,9,15H2,1-2H3/b11-10+. The first-order valence-corrected chi connectivity index (χ1v) is 8.30. The maximum atomic E-state index is 10.6. The minimum absolute atomic E-state index is 0.710. The normalized spacial score (nSPS) is 11.0. The lowest BCUT2D eigenvalue weighted by Crippen LogP contribution is -2.00. The van der Waals surface area contributed by atoms with E-state index in [1.165, 1.54) is 25.3 Å². The number of carbonyl (C=O) groups excluding carboxylic acids is 1. The summed E-state index contributed by atoms with van der Waals surface area (Å²) >= 11 is 0. The van der Waals surface area contributed by atoms with Gasteiger partial charge in [0.2, 0.25) is 0 Å². The highest BCUT2D eigenvalue weighted by molar-refractivity contribution is 5.76. The van der Waals surface area contributed by atoms with E-state index >= 15 is 0 Å². The second-order valence-corrected chi connectivity index (χ2v) is 5.61. The van der Waals surface area contributed by atoms with Gasteiger partial charge in [-0.3, -0.25) is 4.79 Å². The predicted octanol–water partition coefficient (Wildman–Crippen LogP) is 4.96. The highest BCUT2D eigenvalue weighted by Crippen LogP contribution is 2.30. The van der Waals surface area contributed by atoms with Gasteiger partial charge in [-0.1, -0.05) is 44.4 Å². The predicted molar refractivity (Wildman–Crippen MR) is 95.2 cm³/mol. The van der Waals surface area contributed by atoms with Crippen molar-refractivity contribution in [2.24, 2.45) is 0 Å². The summed E-state index contributed by atoms with van der Waals surface area (Å²) in [6, 6.07) is 10.2. The summed E-state index contributed by atoms with van der Waals surface area (Å²) < 4.78 is 8.13. The van der Waals surface area contributed by atoms with Gasteiger partial charge < -0.3 is 9.30 Å². The molecule has 0 spiro atoms. The van der Waals surface area contributed by atoms with Crippen LogP contribution < -0.4 is 4.74 Å². The number of allylic oxidation sites excluding steroid dienone is 1. The summed E-state index contributed by atoms with van der Waals surface area (Å²) in [5, 5.41) is 0. The van der Waals surface area contributed by atoms with Gasteiger partial charge in [0, 0.05) is 17.4 Å². The van der Waals surface area contributed by atoms with Gasteiger partial charge in [-0.2, -0.15) is 0 Å². The number of carbonyl (C=O) groups is 1. The Morgan fingerprint density at radius 1 is 1.13 bits per heavy atom.